The van der Waals surface area contributed by atoms with Crippen molar-refractivity contribution in [2.24, 2.45) is 17.8 Å². The summed E-state index contributed by atoms with van der Waals surface area (Å²) in [5.41, 5.74) is 0.662. The molecule has 2 aromatic rings. The molecule has 0 amide bonds. The third-order valence-corrected chi connectivity index (χ3v) is 6.11. The van der Waals surface area contributed by atoms with Crippen LogP contribution in [0.2, 0.25) is 0 Å². The van der Waals surface area contributed by atoms with Crippen molar-refractivity contribution in [3.05, 3.63) is 71.8 Å². The maximum atomic E-state index is 10.4. The largest absolute Gasteiger partial charge is 0.478 e. The maximum Gasteiger partial charge on any atom is 0.335 e. The number of carboxylic acid groups (broad SMARTS) is 2. The molecule has 6 heteroatoms. The van der Waals surface area contributed by atoms with E-state index < -0.39 is 11.9 Å². The highest BCUT2D eigenvalue weighted by atomic mass is 16.4. The van der Waals surface area contributed by atoms with E-state index in [0.717, 1.165) is 38.5 Å². The number of aliphatic hydroxyl groups excluding tert-OH is 2. The summed E-state index contributed by atoms with van der Waals surface area (Å²) in [7, 11) is 0. The number of carbonyl (C=O) groups is 2. The van der Waals surface area contributed by atoms with Gasteiger partial charge in [-0.05, 0) is 61.8 Å². The highest BCUT2D eigenvalue weighted by Gasteiger charge is 2.31. The monoisotopic (exact) mass is 502 g/mol. The van der Waals surface area contributed by atoms with Crippen molar-refractivity contribution >= 4 is 11.9 Å². The highest BCUT2D eigenvalue weighted by Crippen LogP contribution is 2.32. The van der Waals surface area contributed by atoms with E-state index in [1.807, 2.05) is 6.92 Å². The Morgan fingerprint density at radius 2 is 1.03 bits per heavy atom. The summed E-state index contributed by atoms with van der Waals surface area (Å²) < 4.78 is 0. The highest BCUT2D eigenvalue weighted by molar-refractivity contribution is 5.87. The van der Waals surface area contributed by atoms with Crippen molar-refractivity contribution in [2.45, 2.75) is 85.4 Å². The molecule has 4 unspecified atom stereocenters. The van der Waals surface area contributed by atoms with Gasteiger partial charge in [0, 0.05) is 0 Å². The second-order valence-electron chi connectivity index (χ2n) is 9.43. The quantitative estimate of drug-likeness (QED) is 0.255. The number of unbranched alkanes of at least 4 members (excludes halogenated alkanes) is 2. The molecular formula is C30H46O6. The van der Waals surface area contributed by atoms with Crippen LogP contribution in [0.5, 0.6) is 0 Å². The molecule has 2 rings (SSSR count). The summed E-state index contributed by atoms with van der Waals surface area (Å²) in [6.45, 7) is 10.4. The summed E-state index contributed by atoms with van der Waals surface area (Å²) in [6.07, 6.45) is 6.07. The molecule has 0 aliphatic carbocycles. The predicted octanol–water partition coefficient (Wildman–Crippen LogP) is 6.77. The van der Waals surface area contributed by atoms with Gasteiger partial charge >= 0.3 is 11.9 Å². The van der Waals surface area contributed by atoms with Gasteiger partial charge in [-0.1, -0.05) is 89.8 Å². The molecule has 0 aliphatic heterocycles. The van der Waals surface area contributed by atoms with Gasteiger partial charge in [-0.2, -0.15) is 0 Å². The molecule has 4 N–H and O–H groups in total. The Morgan fingerprint density at radius 1 is 0.667 bits per heavy atom. The van der Waals surface area contributed by atoms with Gasteiger partial charge in [0.1, 0.15) is 0 Å². The SMILES string of the molecule is CCCCC(C(C)O)C(CCCC)C(O)C(C)C.O=C(O)c1ccccc1.O=C(O)c1ccccc1. The first-order valence-electron chi connectivity index (χ1n) is 13.0. The molecule has 0 spiro atoms. The number of hydrogen-bond donors (Lipinski definition) is 4. The normalized spacial score (nSPS) is 13.8. The summed E-state index contributed by atoms with van der Waals surface area (Å²) >= 11 is 0. The average Bonchev–Trinajstić information content (AvgIpc) is 2.87. The van der Waals surface area contributed by atoms with Crippen LogP contribution in [-0.4, -0.2) is 44.6 Å². The molecule has 0 radical (unpaired) electrons. The van der Waals surface area contributed by atoms with Gasteiger partial charge < -0.3 is 20.4 Å². The number of benzene rings is 2. The Labute approximate surface area is 217 Å². The van der Waals surface area contributed by atoms with Crippen LogP contribution >= 0.6 is 0 Å². The van der Waals surface area contributed by atoms with Crippen LogP contribution in [0.15, 0.2) is 60.7 Å². The van der Waals surface area contributed by atoms with E-state index in [1.165, 1.54) is 0 Å². The van der Waals surface area contributed by atoms with E-state index in [1.54, 1.807) is 60.7 Å². The average molecular weight is 503 g/mol. The first-order valence-corrected chi connectivity index (χ1v) is 13.0. The molecule has 2 aromatic carbocycles. The zero-order valence-electron chi connectivity index (χ0n) is 22.5. The first kappa shape index (κ1) is 33.3. The van der Waals surface area contributed by atoms with E-state index in [9.17, 15) is 19.8 Å². The van der Waals surface area contributed by atoms with E-state index in [0.29, 0.717) is 11.1 Å². The summed E-state index contributed by atoms with van der Waals surface area (Å²) in [6, 6.07) is 16.6. The number of carboxylic acids is 2. The van der Waals surface area contributed by atoms with Crippen molar-refractivity contribution in [3.63, 3.8) is 0 Å². The lowest BCUT2D eigenvalue weighted by atomic mass is 9.75. The van der Waals surface area contributed by atoms with E-state index in [2.05, 4.69) is 27.7 Å². The smallest absolute Gasteiger partial charge is 0.335 e. The fourth-order valence-corrected chi connectivity index (χ4v) is 3.99. The second-order valence-corrected chi connectivity index (χ2v) is 9.43. The van der Waals surface area contributed by atoms with Gasteiger partial charge in [-0.3, -0.25) is 0 Å². The van der Waals surface area contributed by atoms with E-state index in [-0.39, 0.29) is 30.0 Å². The Morgan fingerprint density at radius 3 is 1.28 bits per heavy atom. The van der Waals surface area contributed by atoms with Crippen LogP contribution in [0.1, 0.15) is 93.9 Å². The van der Waals surface area contributed by atoms with Gasteiger partial charge in [0.05, 0.1) is 23.3 Å². The fraction of sp³-hybridized carbons (Fsp3) is 0.533. The standard InChI is InChI=1S/C16H34O2.2C7H6O2/c1-6-8-10-14(13(5)17)15(11-9-7-2)16(18)12(3)4;2*8-7(9)6-4-2-1-3-5-6/h12-18H,6-11H2,1-5H3;2*1-5H,(H,8,9). The fourth-order valence-electron chi connectivity index (χ4n) is 3.99. The van der Waals surface area contributed by atoms with Gasteiger partial charge in [0.15, 0.2) is 0 Å². The third-order valence-electron chi connectivity index (χ3n) is 6.11. The molecule has 0 saturated carbocycles. The molecule has 0 bridgehead atoms. The van der Waals surface area contributed by atoms with Gasteiger partial charge in [0.25, 0.3) is 0 Å². The molecule has 36 heavy (non-hydrogen) atoms. The van der Waals surface area contributed by atoms with Crippen LogP contribution in [0, 0.1) is 17.8 Å². The molecule has 6 nitrogen and oxygen atoms in total. The molecule has 0 fully saturated rings. The minimum Gasteiger partial charge on any atom is -0.478 e. The lowest BCUT2D eigenvalue weighted by Gasteiger charge is -2.35. The minimum atomic E-state index is -0.879. The number of rotatable bonds is 12. The van der Waals surface area contributed by atoms with Gasteiger partial charge in [0.2, 0.25) is 0 Å². The number of aliphatic hydroxyl groups is 2. The second kappa shape index (κ2) is 19.5. The van der Waals surface area contributed by atoms with Crippen molar-refractivity contribution in [3.8, 4) is 0 Å². The van der Waals surface area contributed by atoms with Crippen LogP contribution in [0.3, 0.4) is 0 Å². The summed E-state index contributed by atoms with van der Waals surface area (Å²) in [5.74, 6) is -0.994. The van der Waals surface area contributed by atoms with Crippen molar-refractivity contribution in [1.29, 1.82) is 0 Å². The van der Waals surface area contributed by atoms with Crippen LogP contribution in [0.4, 0.5) is 0 Å². The molecular weight excluding hydrogens is 456 g/mol. The lowest BCUT2D eigenvalue weighted by Crippen LogP contribution is -2.37. The molecule has 0 aromatic heterocycles. The Hall–Kier alpha value is -2.70. The molecule has 0 saturated heterocycles. The van der Waals surface area contributed by atoms with Crippen LogP contribution in [0.25, 0.3) is 0 Å². The topological polar surface area (TPSA) is 115 Å². The number of aromatic carboxylic acids is 2. The zero-order chi connectivity index (χ0) is 27.5. The van der Waals surface area contributed by atoms with Crippen LogP contribution in [-0.2, 0) is 0 Å². The van der Waals surface area contributed by atoms with Gasteiger partial charge in [-0.25, -0.2) is 9.59 Å². The van der Waals surface area contributed by atoms with Gasteiger partial charge in [-0.15, -0.1) is 0 Å². The maximum absolute atomic E-state index is 10.4. The minimum absolute atomic E-state index is 0.244. The third kappa shape index (κ3) is 14.0. The van der Waals surface area contributed by atoms with E-state index in [4.69, 9.17) is 10.2 Å². The number of hydrogen-bond acceptors (Lipinski definition) is 4. The Balaban J connectivity index is 0.000000564. The van der Waals surface area contributed by atoms with Crippen LogP contribution < -0.4 is 0 Å². The molecule has 0 heterocycles. The van der Waals surface area contributed by atoms with Crippen molar-refractivity contribution < 1.29 is 30.0 Å². The Bertz CT molecular complexity index is 770. The summed E-state index contributed by atoms with van der Waals surface area (Å²) in [5, 5.41) is 37.2. The van der Waals surface area contributed by atoms with Crippen molar-refractivity contribution in [2.75, 3.05) is 0 Å². The first-order chi connectivity index (χ1) is 17.1. The van der Waals surface area contributed by atoms with Crippen molar-refractivity contribution in [1.82, 2.24) is 0 Å². The molecule has 4 atom stereocenters. The molecule has 202 valence electrons. The molecule has 0 aliphatic rings. The zero-order valence-corrected chi connectivity index (χ0v) is 22.5. The lowest BCUT2D eigenvalue weighted by molar-refractivity contribution is -0.0161. The Kier molecular flexibility index (Phi) is 18.0. The van der Waals surface area contributed by atoms with E-state index >= 15 is 0 Å². The summed E-state index contributed by atoms with van der Waals surface area (Å²) in [4.78, 5) is 20.4. The predicted molar refractivity (Wildman–Crippen MR) is 145 cm³/mol.